The van der Waals surface area contributed by atoms with Crippen LogP contribution in [0.25, 0.3) is 0 Å². The molecule has 2 N–H and O–H groups in total. The van der Waals surface area contributed by atoms with Crippen molar-refractivity contribution in [3.8, 4) is 0 Å². The van der Waals surface area contributed by atoms with Gasteiger partial charge in [0.15, 0.2) is 0 Å². The molecule has 0 aliphatic carbocycles. The van der Waals surface area contributed by atoms with Crippen molar-refractivity contribution in [3.63, 3.8) is 0 Å². The highest BCUT2D eigenvalue weighted by Crippen LogP contribution is 2.21. The van der Waals surface area contributed by atoms with Crippen molar-refractivity contribution in [3.05, 3.63) is 47.8 Å². The Balaban J connectivity index is 1.98. The molecule has 20 heavy (non-hydrogen) atoms. The molecule has 0 saturated heterocycles. The summed E-state index contributed by atoms with van der Waals surface area (Å²) in [6, 6.07) is 10.7. The minimum Gasteiger partial charge on any atom is -0.394 e. The van der Waals surface area contributed by atoms with Gasteiger partial charge in [-0.1, -0.05) is 49.4 Å². The van der Waals surface area contributed by atoms with E-state index in [2.05, 4.69) is 53.7 Å². The van der Waals surface area contributed by atoms with Crippen molar-refractivity contribution in [2.24, 2.45) is 5.92 Å². The standard InChI is InChI=1S/C15H22N4O/c1-12(2)15(13-6-4-3-5-7-13)16-10-14-11-19(8-9-20)18-17-14/h3-7,11-12,15-16,20H,8-10H2,1-2H3. The molecule has 2 aromatic rings. The van der Waals surface area contributed by atoms with E-state index in [4.69, 9.17) is 5.11 Å². The van der Waals surface area contributed by atoms with Crippen molar-refractivity contribution >= 4 is 0 Å². The number of aromatic nitrogens is 3. The van der Waals surface area contributed by atoms with E-state index in [0.29, 0.717) is 25.0 Å². The monoisotopic (exact) mass is 274 g/mol. The number of aliphatic hydroxyl groups excluding tert-OH is 1. The highest BCUT2D eigenvalue weighted by atomic mass is 16.3. The predicted molar refractivity (Wildman–Crippen MR) is 78.0 cm³/mol. The van der Waals surface area contributed by atoms with Crippen LogP contribution >= 0.6 is 0 Å². The zero-order valence-electron chi connectivity index (χ0n) is 12.0. The molecule has 1 aromatic heterocycles. The summed E-state index contributed by atoms with van der Waals surface area (Å²) in [5.74, 6) is 0.491. The molecule has 0 saturated carbocycles. The lowest BCUT2D eigenvalue weighted by atomic mass is 9.96. The minimum atomic E-state index is 0.0782. The van der Waals surface area contributed by atoms with Gasteiger partial charge < -0.3 is 10.4 Å². The van der Waals surface area contributed by atoms with E-state index >= 15 is 0 Å². The summed E-state index contributed by atoms with van der Waals surface area (Å²) in [5, 5.41) is 20.5. The van der Waals surface area contributed by atoms with Gasteiger partial charge in [0.1, 0.15) is 0 Å². The second-order valence-electron chi connectivity index (χ2n) is 5.21. The number of nitrogens with one attached hydrogen (secondary N) is 1. The van der Waals surface area contributed by atoms with E-state index < -0.39 is 0 Å². The fraction of sp³-hybridized carbons (Fsp3) is 0.467. The Morgan fingerprint density at radius 1 is 1.25 bits per heavy atom. The van der Waals surface area contributed by atoms with Crippen LogP contribution in [0.5, 0.6) is 0 Å². The molecule has 5 nitrogen and oxygen atoms in total. The normalized spacial score (nSPS) is 12.8. The number of hydrogen-bond acceptors (Lipinski definition) is 4. The van der Waals surface area contributed by atoms with Gasteiger partial charge in [-0.2, -0.15) is 0 Å². The summed E-state index contributed by atoms with van der Waals surface area (Å²) >= 11 is 0. The van der Waals surface area contributed by atoms with Crippen LogP contribution in [0.1, 0.15) is 31.1 Å². The summed E-state index contributed by atoms with van der Waals surface area (Å²) < 4.78 is 1.66. The van der Waals surface area contributed by atoms with Crippen LogP contribution in [-0.2, 0) is 13.1 Å². The van der Waals surface area contributed by atoms with Crippen molar-refractivity contribution in [1.82, 2.24) is 20.3 Å². The second-order valence-corrected chi connectivity index (χ2v) is 5.21. The second kappa shape index (κ2) is 7.17. The largest absolute Gasteiger partial charge is 0.394 e. The van der Waals surface area contributed by atoms with Crippen molar-refractivity contribution in [2.45, 2.75) is 33.0 Å². The third-order valence-electron chi connectivity index (χ3n) is 3.24. The third-order valence-corrected chi connectivity index (χ3v) is 3.24. The van der Waals surface area contributed by atoms with Crippen LogP contribution in [0.15, 0.2) is 36.5 Å². The Morgan fingerprint density at radius 3 is 2.65 bits per heavy atom. The number of rotatable bonds is 7. The number of benzene rings is 1. The first-order chi connectivity index (χ1) is 9.70. The van der Waals surface area contributed by atoms with Gasteiger partial charge in [-0.05, 0) is 11.5 Å². The number of aliphatic hydroxyl groups is 1. The fourth-order valence-electron chi connectivity index (χ4n) is 2.24. The molecule has 0 aliphatic rings. The summed E-state index contributed by atoms with van der Waals surface area (Å²) in [5.41, 5.74) is 2.17. The Morgan fingerprint density at radius 2 is 2.00 bits per heavy atom. The van der Waals surface area contributed by atoms with E-state index in [1.807, 2.05) is 12.3 Å². The molecular formula is C15H22N4O. The highest BCUT2D eigenvalue weighted by Gasteiger charge is 2.15. The van der Waals surface area contributed by atoms with Crippen molar-refractivity contribution < 1.29 is 5.11 Å². The minimum absolute atomic E-state index is 0.0782. The fourth-order valence-corrected chi connectivity index (χ4v) is 2.24. The average Bonchev–Trinajstić information content (AvgIpc) is 2.88. The van der Waals surface area contributed by atoms with Crippen LogP contribution in [0.4, 0.5) is 0 Å². The molecule has 1 atom stereocenters. The topological polar surface area (TPSA) is 63.0 Å². The van der Waals surface area contributed by atoms with Crippen LogP contribution in [0, 0.1) is 5.92 Å². The molecule has 108 valence electrons. The molecule has 1 aromatic carbocycles. The quantitative estimate of drug-likeness (QED) is 0.807. The first-order valence-corrected chi connectivity index (χ1v) is 6.99. The van der Waals surface area contributed by atoms with Gasteiger partial charge in [-0.15, -0.1) is 5.10 Å². The smallest absolute Gasteiger partial charge is 0.0965 e. The Labute approximate surface area is 119 Å². The molecule has 0 amide bonds. The van der Waals surface area contributed by atoms with Crippen LogP contribution in [-0.4, -0.2) is 26.7 Å². The number of hydrogen-bond donors (Lipinski definition) is 2. The van der Waals surface area contributed by atoms with Gasteiger partial charge in [0.25, 0.3) is 0 Å². The van der Waals surface area contributed by atoms with Gasteiger partial charge in [0, 0.05) is 18.8 Å². The zero-order valence-corrected chi connectivity index (χ0v) is 12.0. The van der Waals surface area contributed by atoms with E-state index in [1.54, 1.807) is 4.68 Å². The lowest BCUT2D eigenvalue weighted by Crippen LogP contribution is -2.25. The van der Waals surface area contributed by atoms with E-state index in [0.717, 1.165) is 5.69 Å². The average molecular weight is 274 g/mol. The van der Waals surface area contributed by atoms with Gasteiger partial charge in [0.2, 0.25) is 0 Å². The van der Waals surface area contributed by atoms with E-state index in [1.165, 1.54) is 5.56 Å². The molecule has 0 radical (unpaired) electrons. The Hall–Kier alpha value is -1.72. The predicted octanol–water partition coefficient (Wildman–Crippen LogP) is 1.76. The maximum atomic E-state index is 8.86. The van der Waals surface area contributed by atoms with Gasteiger partial charge in [-0.3, -0.25) is 0 Å². The first-order valence-electron chi connectivity index (χ1n) is 6.99. The summed E-state index contributed by atoms with van der Waals surface area (Å²) in [4.78, 5) is 0. The summed E-state index contributed by atoms with van der Waals surface area (Å²) in [7, 11) is 0. The molecule has 2 rings (SSSR count). The molecule has 1 heterocycles. The molecule has 0 aliphatic heterocycles. The van der Waals surface area contributed by atoms with Crippen LogP contribution in [0.2, 0.25) is 0 Å². The SMILES string of the molecule is CC(C)C(NCc1cn(CCO)nn1)c1ccccc1. The molecule has 1 unspecified atom stereocenters. The lowest BCUT2D eigenvalue weighted by molar-refractivity contribution is 0.268. The summed E-state index contributed by atoms with van der Waals surface area (Å²) in [6.45, 7) is 5.64. The molecular weight excluding hydrogens is 252 g/mol. The van der Waals surface area contributed by atoms with E-state index in [-0.39, 0.29) is 6.61 Å². The molecule has 0 fully saturated rings. The molecule has 5 heteroatoms. The zero-order chi connectivity index (χ0) is 14.4. The number of nitrogens with zero attached hydrogens (tertiary/aromatic N) is 3. The Bertz CT molecular complexity index is 510. The van der Waals surface area contributed by atoms with Gasteiger partial charge in [0.05, 0.1) is 18.8 Å². The third kappa shape index (κ3) is 3.88. The molecule has 0 spiro atoms. The van der Waals surface area contributed by atoms with Crippen LogP contribution in [0.3, 0.4) is 0 Å². The maximum absolute atomic E-state index is 8.86. The van der Waals surface area contributed by atoms with Crippen molar-refractivity contribution in [2.75, 3.05) is 6.61 Å². The first kappa shape index (κ1) is 14.7. The summed E-state index contributed by atoms with van der Waals surface area (Å²) in [6.07, 6.45) is 1.87. The van der Waals surface area contributed by atoms with Gasteiger partial charge in [-0.25, -0.2) is 4.68 Å². The van der Waals surface area contributed by atoms with Gasteiger partial charge >= 0.3 is 0 Å². The highest BCUT2D eigenvalue weighted by molar-refractivity contribution is 5.19. The van der Waals surface area contributed by atoms with Crippen molar-refractivity contribution in [1.29, 1.82) is 0 Å². The lowest BCUT2D eigenvalue weighted by Gasteiger charge is -2.22. The molecule has 0 bridgehead atoms. The maximum Gasteiger partial charge on any atom is 0.0965 e. The van der Waals surface area contributed by atoms with E-state index in [9.17, 15) is 0 Å². The van der Waals surface area contributed by atoms with Crippen LogP contribution < -0.4 is 5.32 Å². The Kier molecular flexibility index (Phi) is 5.26.